The van der Waals surface area contributed by atoms with Crippen LogP contribution in [0.4, 0.5) is 0 Å². The lowest BCUT2D eigenvalue weighted by molar-refractivity contribution is -0.147. The molecule has 4 heteroatoms. The zero-order chi connectivity index (χ0) is 18.2. The van der Waals surface area contributed by atoms with E-state index in [1.165, 1.54) is 0 Å². The van der Waals surface area contributed by atoms with Crippen molar-refractivity contribution in [1.82, 2.24) is 0 Å². The molecule has 1 aliphatic heterocycles. The Morgan fingerprint density at radius 2 is 1.68 bits per heavy atom. The number of hydrogen-bond acceptors (Lipinski definition) is 4. The number of rotatable bonds is 4. The van der Waals surface area contributed by atoms with Crippen molar-refractivity contribution < 1.29 is 19.1 Å². The van der Waals surface area contributed by atoms with Crippen LogP contribution in [0.15, 0.2) is 42.5 Å². The van der Waals surface area contributed by atoms with Gasteiger partial charge in [-0.25, -0.2) is 0 Å². The van der Waals surface area contributed by atoms with E-state index in [1.54, 1.807) is 21.0 Å². The molecule has 2 aromatic carbocycles. The van der Waals surface area contributed by atoms with Gasteiger partial charge in [0.1, 0.15) is 11.2 Å². The average Bonchev–Trinajstić information content (AvgIpc) is 2.84. The van der Waals surface area contributed by atoms with E-state index in [-0.39, 0.29) is 5.78 Å². The molecule has 0 spiro atoms. The summed E-state index contributed by atoms with van der Waals surface area (Å²) in [7, 11) is 1.67. The first-order valence-corrected chi connectivity index (χ1v) is 8.41. The molecule has 0 N–H and O–H groups in total. The Bertz CT molecular complexity index is 818. The van der Waals surface area contributed by atoms with E-state index in [9.17, 15) is 9.59 Å². The summed E-state index contributed by atoms with van der Waals surface area (Å²) in [5.74, 6) is 0.228. The van der Waals surface area contributed by atoms with E-state index in [0.717, 1.165) is 28.9 Å². The molecule has 0 bridgehead atoms. The Morgan fingerprint density at radius 3 is 2.20 bits per heavy atom. The lowest BCUT2D eigenvalue weighted by atomic mass is 9.86. The number of carbonyl (C=O) groups is 2. The highest BCUT2D eigenvalue weighted by atomic mass is 16.6. The van der Waals surface area contributed by atoms with Crippen LogP contribution in [0.5, 0.6) is 5.75 Å². The zero-order valence-electron chi connectivity index (χ0n) is 15.0. The highest BCUT2D eigenvalue weighted by Gasteiger charge is 2.50. The quantitative estimate of drug-likeness (QED) is 0.622. The predicted molar refractivity (Wildman–Crippen MR) is 95.4 cm³/mol. The number of esters is 1. The second-order valence-electron chi connectivity index (χ2n) is 6.78. The summed E-state index contributed by atoms with van der Waals surface area (Å²) >= 11 is 0. The monoisotopic (exact) mass is 338 g/mol. The van der Waals surface area contributed by atoms with E-state index < -0.39 is 17.5 Å². The van der Waals surface area contributed by atoms with Crippen LogP contribution in [0, 0.1) is 5.41 Å². The molecule has 1 unspecified atom stereocenters. The van der Waals surface area contributed by atoms with Crippen LogP contribution < -0.4 is 4.74 Å². The second kappa shape index (κ2) is 6.36. The van der Waals surface area contributed by atoms with Gasteiger partial charge in [-0.3, -0.25) is 9.59 Å². The zero-order valence-corrected chi connectivity index (χ0v) is 15.0. The van der Waals surface area contributed by atoms with Crippen LogP contribution in [0.25, 0.3) is 11.1 Å². The van der Waals surface area contributed by atoms with Gasteiger partial charge < -0.3 is 9.47 Å². The van der Waals surface area contributed by atoms with Crippen molar-refractivity contribution in [2.45, 2.75) is 33.3 Å². The molecule has 2 aromatic rings. The van der Waals surface area contributed by atoms with Crippen molar-refractivity contribution >= 4 is 11.8 Å². The largest absolute Gasteiger partial charge is 0.496 e. The van der Waals surface area contributed by atoms with Crippen LogP contribution in [0.1, 0.15) is 38.0 Å². The molecule has 4 nitrogen and oxygen atoms in total. The molecule has 1 saturated heterocycles. The Morgan fingerprint density at radius 1 is 1.04 bits per heavy atom. The Labute approximate surface area is 147 Å². The highest BCUT2D eigenvalue weighted by Crippen LogP contribution is 2.38. The molecule has 1 heterocycles. The summed E-state index contributed by atoms with van der Waals surface area (Å²) < 4.78 is 10.7. The molecule has 3 rings (SSSR count). The van der Waals surface area contributed by atoms with Gasteiger partial charge >= 0.3 is 5.97 Å². The maximum atomic E-state index is 12.4. The average molecular weight is 338 g/mol. The second-order valence-corrected chi connectivity index (χ2v) is 6.78. The van der Waals surface area contributed by atoms with Crippen molar-refractivity contribution in [2.75, 3.05) is 7.11 Å². The van der Waals surface area contributed by atoms with Gasteiger partial charge in [-0.15, -0.1) is 0 Å². The van der Waals surface area contributed by atoms with Gasteiger partial charge in [0.05, 0.1) is 7.11 Å². The minimum Gasteiger partial charge on any atom is -0.496 e. The van der Waals surface area contributed by atoms with Gasteiger partial charge in [-0.05, 0) is 49.1 Å². The molecule has 0 aliphatic carbocycles. The van der Waals surface area contributed by atoms with Crippen LogP contribution in [0.3, 0.4) is 0 Å². The van der Waals surface area contributed by atoms with Crippen molar-refractivity contribution in [3.05, 3.63) is 53.6 Å². The fourth-order valence-electron chi connectivity index (χ4n) is 3.04. The number of ether oxygens (including phenoxy) is 2. The van der Waals surface area contributed by atoms with E-state index in [0.29, 0.717) is 5.56 Å². The van der Waals surface area contributed by atoms with Gasteiger partial charge in [0.2, 0.25) is 0 Å². The first-order chi connectivity index (χ1) is 11.9. The van der Waals surface area contributed by atoms with Crippen LogP contribution in [0.2, 0.25) is 0 Å². The number of carbonyl (C=O) groups excluding carboxylic acids is 2. The lowest BCUT2D eigenvalue weighted by Gasteiger charge is -2.12. The first-order valence-electron chi connectivity index (χ1n) is 8.41. The summed E-state index contributed by atoms with van der Waals surface area (Å²) in [6, 6.07) is 13.7. The Kier molecular flexibility index (Phi) is 4.38. The fraction of sp³-hybridized carbons (Fsp3) is 0.333. The van der Waals surface area contributed by atoms with Gasteiger partial charge in [-0.2, -0.15) is 0 Å². The van der Waals surface area contributed by atoms with Gasteiger partial charge in [0.15, 0.2) is 11.9 Å². The molecule has 1 aliphatic rings. The summed E-state index contributed by atoms with van der Waals surface area (Å²) in [6.07, 6.45) is 0.0788. The number of Topliss-reactive ketones (excluding diaryl/α,β-unsaturated/α-hetero) is 1. The standard InChI is InChI=1S/C21H22O4/c1-5-13-12-16(10-11-17(13)24-4)14-6-8-15(9-7-14)18-19(22)21(2,3)20(23)25-18/h6-12,18H,5H2,1-4H3. The minimum absolute atomic E-state index is 0.192. The van der Waals surface area contributed by atoms with Crippen LogP contribution >= 0.6 is 0 Å². The predicted octanol–water partition coefficient (Wildman–Crippen LogP) is 4.12. The van der Waals surface area contributed by atoms with Gasteiger partial charge in [0.25, 0.3) is 0 Å². The molecule has 1 fully saturated rings. The van der Waals surface area contributed by atoms with E-state index in [1.807, 2.05) is 36.4 Å². The van der Waals surface area contributed by atoms with Crippen LogP contribution in [-0.4, -0.2) is 18.9 Å². The van der Waals surface area contributed by atoms with E-state index in [4.69, 9.17) is 9.47 Å². The molecule has 130 valence electrons. The lowest BCUT2D eigenvalue weighted by Crippen LogP contribution is -2.26. The number of ketones is 1. The number of cyclic esters (lactones) is 1. The number of benzene rings is 2. The van der Waals surface area contributed by atoms with Crippen molar-refractivity contribution in [3.63, 3.8) is 0 Å². The van der Waals surface area contributed by atoms with Crippen molar-refractivity contribution in [1.29, 1.82) is 0 Å². The van der Waals surface area contributed by atoms with Crippen LogP contribution in [-0.2, 0) is 20.7 Å². The molecule has 25 heavy (non-hydrogen) atoms. The molecule has 0 saturated carbocycles. The SMILES string of the molecule is CCc1cc(-c2ccc(C3OC(=O)C(C)(C)C3=O)cc2)ccc1OC. The van der Waals surface area contributed by atoms with Gasteiger partial charge in [0, 0.05) is 5.56 Å². The third-order valence-electron chi connectivity index (χ3n) is 4.80. The van der Waals surface area contributed by atoms with E-state index in [2.05, 4.69) is 13.0 Å². The third-order valence-corrected chi connectivity index (χ3v) is 4.80. The molecular weight excluding hydrogens is 316 g/mol. The number of aryl methyl sites for hydroxylation is 1. The Hall–Kier alpha value is -2.62. The van der Waals surface area contributed by atoms with Crippen molar-refractivity contribution in [3.8, 4) is 16.9 Å². The molecule has 0 radical (unpaired) electrons. The molecular formula is C21H22O4. The Balaban J connectivity index is 1.89. The molecule has 0 aromatic heterocycles. The van der Waals surface area contributed by atoms with Crippen molar-refractivity contribution in [2.24, 2.45) is 5.41 Å². The maximum Gasteiger partial charge on any atom is 0.320 e. The van der Waals surface area contributed by atoms with E-state index >= 15 is 0 Å². The molecule has 0 amide bonds. The molecule has 1 atom stereocenters. The summed E-state index contributed by atoms with van der Waals surface area (Å²) in [5, 5.41) is 0. The normalized spacial score (nSPS) is 19.0. The minimum atomic E-state index is -1.07. The number of hydrogen-bond donors (Lipinski definition) is 0. The third kappa shape index (κ3) is 2.93. The highest BCUT2D eigenvalue weighted by molar-refractivity contribution is 6.10. The smallest absolute Gasteiger partial charge is 0.320 e. The fourth-order valence-corrected chi connectivity index (χ4v) is 3.04. The number of methoxy groups -OCH3 is 1. The summed E-state index contributed by atoms with van der Waals surface area (Å²) in [6.45, 7) is 5.30. The van der Waals surface area contributed by atoms with Gasteiger partial charge in [-0.1, -0.05) is 37.3 Å². The summed E-state index contributed by atoms with van der Waals surface area (Å²) in [5.41, 5.74) is 2.90. The topological polar surface area (TPSA) is 52.6 Å². The first kappa shape index (κ1) is 17.2. The maximum absolute atomic E-state index is 12.4. The summed E-state index contributed by atoms with van der Waals surface area (Å²) in [4.78, 5) is 24.2.